The van der Waals surface area contributed by atoms with Gasteiger partial charge in [-0.15, -0.1) is 0 Å². The molecule has 0 aliphatic rings. The molecule has 31 heavy (non-hydrogen) atoms. The van der Waals surface area contributed by atoms with E-state index in [4.69, 9.17) is 21.1 Å². The molecular formula is C22H31ClN4O3S. The molecule has 0 unspecified atom stereocenters. The second-order valence-electron chi connectivity index (χ2n) is 7.51. The number of aromatic nitrogens is 2. The summed E-state index contributed by atoms with van der Waals surface area (Å²) in [6, 6.07) is 7.61. The summed E-state index contributed by atoms with van der Waals surface area (Å²) < 4.78 is 10.7. The summed E-state index contributed by atoms with van der Waals surface area (Å²) in [5, 5.41) is 3.75. The molecule has 0 atom stereocenters. The number of nitrogens with one attached hydrogen (secondary N) is 1. The van der Waals surface area contributed by atoms with E-state index in [-0.39, 0.29) is 11.7 Å². The van der Waals surface area contributed by atoms with Gasteiger partial charge in [0, 0.05) is 26.2 Å². The molecule has 0 aliphatic heterocycles. The molecule has 0 spiro atoms. The van der Waals surface area contributed by atoms with Crippen molar-refractivity contribution < 1.29 is 14.3 Å². The van der Waals surface area contributed by atoms with E-state index in [1.165, 1.54) is 11.8 Å². The predicted molar refractivity (Wildman–Crippen MR) is 127 cm³/mol. The largest absolute Gasteiger partial charge is 0.493 e. The zero-order valence-corrected chi connectivity index (χ0v) is 20.3. The maximum absolute atomic E-state index is 12.0. The highest BCUT2D eigenvalue weighted by atomic mass is 35.5. The second kappa shape index (κ2) is 12.6. The van der Waals surface area contributed by atoms with Crippen molar-refractivity contribution in [1.82, 2.24) is 15.3 Å². The van der Waals surface area contributed by atoms with E-state index in [1.807, 2.05) is 30.1 Å². The third-order valence-corrected chi connectivity index (χ3v) is 5.65. The van der Waals surface area contributed by atoms with Crippen molar-refractivity contribution in [3.05, 3.63) is 35.0 Å². The molecular weight excluding hydrogens is 436 g/mol. The number of carbonyl (C=O) groups excluding carboxylic acids is 1. The summed E-state index contributed by atoms with van der Waals surface area (Å²) in [5.41, 5.74) is 1.12. The lowest BCUT2D eigenvalue weighted by molar-refractivity contribution is -0.118. The monoisotopic (exact) mass is 466 g/mol. The lowest BCUT2D eigenvalue weighted by Crippen LogP contribution is -2.27. The van der Waals surface area contributed by atoms with Crippen molar-refractivity contribution in [2.75, 3.05) is 45.0 Å². The molecule has 1 aromatic carbocycles. The van der Waals surface area contributed by atoms with Crippen LogP contribution < -0.4 is 19.7 Å². The molecule has 0 saturated heterocycles. The van der Waals surface area contributed by atoms with Gasteiger partial charge in [-0.05, 0) is 36.5 Å². The van der Waals surface area contributed by atoms with Crippen LogP contribution in [0.4, 0.5) is 5.82 Å². The van der Waals surface area contributed by atoms with Gasteiger partial charge in [-0.25, -0.2) is 9.97 Å². The fourth-order valence-electron chi connectivity index (χ4n) is 2.77. The summed E-state index contributed by atoms with van der Waals surface area (Å²) in [7, 11) is 5.20. The zero-order chi connectivity index (χ0) is 22.8. The first-order valence-electron chi connectivity index (χ1n) is 10.2. The lowest BCUT2D eigenvalue weighted by atomic mass is 10.1. The molecule has 0 fully saturated rings. The number of methoxy groups -OCH3 is 2. The number of likely N-dealkylation sites (N-methyl/N-ethyl adjacent to an activating group) is 1. The van der Waals surface area contributed by atoms with Crippen LogP contribution >= 0.6 is 23.4 Å². The van der Waals surface area contributed by atoms with Crippen LogP contribution in [0.15, 0.2) is 29.4 Å². The summed E-state index contributed by atoms with van der Waals surface area (Å²) >= 11 is 7.48. The minimum atomic E-state index is -0.0300. The summed E-state index contributed by atoms with van der Waals surface area (Å²) in [6.45, 7) is 5.66. The molecule has 0 aliphatic carbocycles. The van der Waals surface area contributed by atoms with Crippen LogP contribution in [-0.2, 0) is 11.2 Å². The fraction of sp³-hybridized carbons (Fsp3) is 0.500. The van der Waals surface area contributed by atoms with E-state index in [0.717, 1.165) is 24.9 Å². The molecule has 0 saturated carbocycles. The first-order chi connectivity index (χ1) is 14.8. The van der Waals surface area contributed by atoms with Gasteiger partial charge in [-0.1, -0.05) is 43.3 Å². The van der Waals surface area contributed by atoms with Gasteiger partial charge in [0.05, 0.1) is 20.0 Å². The molecule has 1 amide bonds. The van der Waals surface area contributed by atoms with Crippen molar-refractivity contribution in [2.45, 2.75) is 31.8 Å². The molecule has 1 heterocycles. The average Bonchev–Trinajstić information content (AvgIpc) is 2.75. The zero-order valence-electron chi connectivity index (χ0n) is 18.8. The van der Waals surface area contributed by atoms with Gasteiger partial charge >= 0.3 is 0 Å². The maximum atomic E-state index is 12.0. The van der Waals surface area contributed by atoms with Gasteiger partial charge in [0.15, 0.2) is 16.7 Å². The first-order valence-corrected chi connectivity index (χ1v) is 11.5. The van der Waals surface area contributed by atoms with Gasteiger partial charge in [0.25, 0.3) is 0 Å². The fourth-order valence-corrected chi connectivity index (χ4v) is 3.69. The molecule has 1 N–H and O–H groups in total. The number of benzene rings is 1. The average molecular weight is 467 g/mol. The minimum Gasteiger partial charge on any atom is -0.493 e. The molecule has 1 aromatic heterocycles. The van der Waals surface area contributed by atoms with E-state index in [1.54, 1.807) is 20.3 Å². The van der Waals surface area contributed by atoms with Crippen LogP contribution in [-0.4, -0.2) is 56.0 Å². The Morgan fingerprint density at radius 3 is 2.61 bits per heavy atom. The number of carbonyl (C=O) groups is 1. The standard InChI is InChI=1S/C22H31ClN4O3S/c1-15(2)8-10-24-21(28)14-31-22-25-19(23)13-20(26-22)27(3)11-9-16-6-7-17(29-4)18(12-16)30-5/h6-7,12-13,15H,8-11,14H2,1-5H3,(H,24,28). The third-order valence-electron chi connectivity index (χ3n) is 4.61. The highest BCUT2D eigenvalue weighted by Crippen LogP contribution is 2.28. The number of hydrogen-bond acceptors (Lipinski definition) is 7. The highest BCUT2D eigenvalue weighted by molar-refractivity contribution is 7.99. The van der Waals surface area contributed by atoms with Crippen LogP contribution in [0.1, 0.15) is 25.8 Å². The molecule has 170 valence electrons. The number of nitrogens with zero attached hydrogens (tertiary/aromatic N) is 3. The van der Waals surface area contributed by atoms with Gasteiger partial charge in [0.2, 0.25) is 5.91 Å². The van der Waals surface area contributed by atoms with Gasteiger partial charge in [-0.2, -0.15) is 0 Å². The number of rotatable bonds is 12. The van der Waals surface area contributed by atoms with Crippen LogP contribution in [0.3, 0.4) is 0 Å². The van der Waals surface area contributed by atoms with Gasteiger partial charge < -0.3 is 19.7 Å². The van der Waals surface area contributed by atoms with E-state index in [9.17, 15) is 4.79 Å². The number of ether oxygens (including phenoxy) is 2. The minimum absolute atomic E-state index is 0.0300. The molecule has 9 heteroatoms. The Bertz CT molecular complexity index is 867. The molecule has 7 nitrogen and oxygen atoms in total. The molecule has 2 rings (SSSR count). The lowest BCUT2D eigenvalue weighted by Gasteiger charge is -2.19. The second-order valence-corrected chi connectivity index (χ2v) is 8.84. The van der Waals surface area contributed by atoms with E-state index >= 15 is 0 Å². The maximum Gasteiger partial charge on any atom is 0.230 e. The van der Waals surface area contributed by atoms with E-state index in [2.05, 4.69) is 29.1 Å². The van der Waals surface area contributed by atoms with Crippen molar-refractivity contribution in [2.24, 2.45) is 5.92 Å². The van der Waals surface area contributed by atoms with Crippen LogP contribution in [0, 0.1) is 5.92 Å². The molecule has 0 bridgehead atoms. The SMILES string of the molecule is COc1ccc(CCN(C)c2cc(Cl)nc(SCC(=O)NCCC(C)C)n2)cc1OC. The van der Waals surface area contributed by atoms with E-state index in [0.29, 0.717) is 40.1 Å². The Kier molecular flexibility index (Phi) is 10.2. The number of halogens is 1. The third kappa shape index (κ3) is 8.45. The van der Waals surface area contributed by atoms with Crippen molar-refractivity contribution in [1.29, 1.82) is 0 Å². The topological polar surface area (TPSA) is 76.6 Å². The quantitative estimate of drug-likeness (QED) is 0.287. The normalized spacial score (nSPS) is 10.8. The Morgan fingerprint density at radius 1 is 1.19 bits per heavy atom. The number of amides is 1. The van der Waals surface area contributed by atoms with Crippen LogP contribution in [0.2, 0.25) is 5.15 Å². The predicted octanol–water partition coefficient (Wildman–Crippen LogP) is 4.08. The van der Waals surface area contributed by atoms with E-state index < -0.39 is 0 Å². The number of thioether (sulfide) groups is 1. The number of anilines is 1. The Morgan fingerprint density at radius 2 is 1.94 bits per heavy atom. The summed E-state index contributed by atoms with van der Waals surface area (Å²) in [6.07, 6.45) is 1.75. The van der Waals surface area contributed by atoms with Crippen molar-refractivity contribution in [3.8, 4) is 11.5 Å². The first kappa shape index (κ1) is 25.1. The highest BCUT2D eigenvalue weighted by Gasteiger charge is 2.11. The summed E-state index contributed by atoms with van der Waals surface area (Å²) in [4.78, 5) is 22.8. The molecule has 0 radical (unpaired) electrons. The Balaban J connectivity index is 1.93. The smallest absolute Gasteiger partial charge is 0.230 e. The van der Waals surface area contributed by atoms with Gasteiger partial charge in [-0.3, -0.25) is 4.79 Å². The van der Waals surface area contributed by atoms with Crippen LogP contribution in [0.25, 0.3) is 0 Å². The summed E-state index contributed by atoms with van der Waals surface area (Å²) in [5.74, 6) is 2.91. The van der Waals surface area contributed by atoms with Crippen LogP contribution in [0.5, 0.6) is 11.5 Å². The molecule has 2 aromatic rings. The van der Waals surface area contributed by atoms with Crippen molar-refractivity contribution >= 4 is 35.1 Å². The Labute approximate surface area is 193 Å². The van der Waals surface area contributed by atoms with Crippen molar-refractivity contribution in [3.63, 3.8) is 0 Å². The van der Waals surface area contributed by atoms with Gasteiger partial charge in [0.1, 0.15) is 11.0 Å². The number of hydrogen-bond donors (Lipinski definition) is 1. The Hall–Kier alpha value is -2.19.